The van der Waals surface area contributed by atoms with E-state index < -0.39 is 23.8 Å². The topological polar surface area (TPSA) is 127 Å². The average Bonchev–Trinajstić information content (AvgIpc) is 3.49. The Hall–Kier alpha value is -3.60. The average molecular weight is 526 g/mol. The third kappa shape index (κ3) is 6.27. The molecule has 3 N–H and O–H groups in total. The number of carbonyl (C=O) groups is 2. The zero-order valence-corrected chi connectivity index (χ0v) is 22.4. The van der Waals surface area contributed by atoms with Gasteiger partial charge in [-0.15, -0.1) is 0 Å². The number of ether oxygens (including phenoxy) is 1. The van der Waals surface area contributed by atoms with Crippen LogP contribution in [0.3, 0.4) is 0 Å². The summed E-state index contributed by atoms with van der Waals surface area (Å²) in [5.74, 6) is -0.910. The molecule has 0 saturated heterocycles. The number of nitrogens with one attached hydrogen (secondary N) is 3. The zero-order chi connectivity index (χ0) is 27.2. The lowest BCUT2D eigenvalue weighted by molar-refractivity contribution is -0.119. The van der Waals surface area contributed by atoms with E-state index in [2.05, 4.69) is 37.8 Å². The van der Waals surface area contributed by atoms with E-state index >= 15 is 0 Å². The predicted molar refractivity (Wildman–Crippen MR) is 141 cm³/mol. The van der Waals surface area contributed by atoms with Crippen LogP contribution in [0.15, 0.2) is 24.4 Å². The molecule has 2 amide bonds. The van der Waals surface area contributed by atoms with Crippen LogP contribution in [0.1, 0.15) is 61.4 Å². The molecule has 11 heteroatoms. The summed E-state index contributed by atoms with van der Waals surface area (Å²) in [4.78, 5) is 30.7. The van der Waals surface area contributed by atoms with Crippen molar-refractivity contribution in [3.05, 3.63) is 47.4 Å². The Labute approximate surface area is 221 Å². The Morgan fingerprint density at radius 1 is 1.21 bits per heavy atom. The van der Waals surface area contributed by atoms with E-state index in [1.807, 2.05) is 13.8 Å². The molecule has 38 heavy (non-hydrogen) atoms. The molecule has 1 fully saturated rings. The lowest BCUT2D eigenvalue weighted by Crippen LogP contribution is -2.49. The Balaban J connectivity index is 1.52. The van der Waals surface area contributed by atoms with E-state index in [0.29, 0.717) is 48.2 Å². The minimum absolute atomic E-state index is 0.0460. The largest absolute Gasteiger partial charge is 0.380 e. The lowest BCUT2D eigenvalue weighted by Gasteiger charge is -2.32. The maximum Gasteiger partial charge on any atom is 0.270 e. The number of aromatic nitrogens is 5. The van der Waals surface area contributed by atoms with Crippen molar-refractivity contribution in [1.29, 1.82) is 0 Å². The quantitative estimate of drug-likeness (QED) is 0.271. The van der Waals surface area contributed by atoms with Gasteiger partial charge >= 0.3 is 0 Å². The van der Waals surface area contributed by atoms with Crippen LogP contribution in [0.25, 0.3) is 11.1 Å². The molecule has 1 atom stereocenters. The first-order valence-corrected chi connectivity index (χ1v) is 13.2. The molecule has 3 aromatic heterocycles. The van der Waals surface area contributed by atoms with Crippen LogP contribution >= 0.6 is 0 Å². The molecule has 1 aliphatic carbocycles. The molecule has 0 spiro atoms. The highest BCUT2D eigenvalue weighted by atomic mass is 19.1. The Kier molecular flexibility index (Phi) is 8.88. The summed E-state index contributed by atoms with van der Waals surface area (Å²) in [7, 11) is 0. The molecule has 0 bridgehead atoms. The van der Waals surface area contributed by atoms with Gasteiger partial charge in [0.1, 0.15) is 17.6 Å². The summed E-state index contributed by atoms with van der Waals surface area (Å²) in [5, 5.41) is 16.8. The van der Waals surface area contributed by atoms with E-state index in [1.165, 1.54) is 0 Å². The molecule has 0 aromatic carbocycles. The van der Waals surface area contributed by atoms with Crippen molar-refractivity contribution in [2.75, 3.05) is 18.5 Å². The number of rotatable bonds is 10. The van der Waals surface area contributed by atoms with Gasteiger partial charge in [0.05, 0.1) is 18.8 Å². The van der Waals surface area contributed by atoms with Gasteiger partial charge in [0, 0.05) is 29.6 Å². The first-order chi connectivity index (χ1) is 18.3. The maximum atomic E-state index is 15.0. The fourth-order valence-corrected chi connectivity index (χ4v) is 5.07. The minimum Gasteiger partial charge on any atom is -0.380 e. The number of amides is 2. The number of halogens is 1. The van der Waals surface area contributed by atoms with Crippen LogP contribution in [0.2, 0.25) is 0 Å². The fourth-order valence-electron chi connectivity index (χ4n) is 5.07. The van der Waals surface area contributed by atoms with Gasteiger partial charge in [-0.3, -0.25) is 19.4 Å². The number of aryl methyl sites for hydroxylation is 2. The van der Waals surface area contributed by atoms with Gasteiger partial charge in [-0.25, -0.2) is 4.98 Å². The number of carbonyl (C=O) groups excluding carboxylic acids is 2. The smallest absolute Gasteiger partial charge is 0.270 e. The van der Waals surface area contributed by atoms with E-state index in [1.54, 1.807) is 36.0 Å². The van der Waals surface area contributed by atoms with Gasteiger partial charge in [0.2, 0.25) is 11.9 Å². The van der Waals surface area contributed by atoms with Crippen molar-refractivity contribution >= 4 is 17.6 Å². The molecule has 0 unspecified atom stereocenters. The highest BCUT2D eigenvalue weighted by Crippen LogP contribution is 2.32. The number of hydrogen-bond acceptors (Lipinski definition) is 6. The molecule has 1 aliphatic rings. The second-order valence-corrected chi connectivity index (χ2v) is 9.94. The SMILES string of the molecule is CCOCCn1nccc1C(=O)N[C@H](C(=O)Nc1ccc(-c2c(C)n[nH]c2C)c(F)n1)C1CCC(C)CC1. The molecule has 1 saturated carbocycles. The number of nitrogens with zero attached hydrogens (tertiary/aromatic N) is 4. The van der Waals surface area contributed by atoms with Crippen molar-refractivity contribution in [2.24, 2.45) is 11.8 Å². The Morgan fingerprint density at radius 2 is 1.97 bits per heavy atom. The van der Waals surface area contributed by atoms with Gasteiger partial charge in [-0.1, -0.05) is 19.8 Å². The monoisotopic (exact) mass is 525 g/mol. The predicted octanol–water partition coefficient (Wildman–Crippen LogP) is 4.02. The summed E-state index contributed by atoms with van der Waals surface area (Å²) in [6, 6.07) is 3.96. The Morgan fingerprint density at radius 3 is 2.63 bits per heavy atom. The van der Waals surface area contributed by atoms with Gasteiger partial charge < -0.3 is 15.4 Å². The number of H-pyrrole nitrogens is 1. The summed E-state index contributed by atoms with van der Waals surface area (Å²) in [5.41, 5.74) is 2.70. The Bertz CT molecular complexity index is 1240. The van der Waals surface area contributed by atoms with Crippen molar-refractivity contribution < 1.29 is 18.7 Å². The summed E-state index contributed by atoms with van der Waals surface area (Å²) in [6.07, 6.45) is 5.12. The van der Waals surface area contributed by atoms with Crippen LogP contribution in [0.4, 0.5) is 10.2 Å². The second kappa shape index (κ2) is 12.3. The molecule has 4 rings (SSSR count). The van der Waals surface area contributed by atoms with Crippen LogP contribution in [0, 0.1) is 31.6 Å². The molecule has 10 nitrogen and oxygen atoms in total. The van der Waals surface area contributed by atoms with E-state index in [4.69, 9.17) is 4.74 Å². The number of pyridine rings is 1. The highest BCUT2D eigenvalue weighted by molar-refractivity contribution is 6.00. The number of aromatic amines is 1. The highest BCUT2D eigenvalue weighted by Gasteiger charge is 2.33. The summed E-state index contributed by atoms with van der Waals surface area (Å²) in [6.45, 7) is 9.11. The van der Waals surface area contributed by atoms with Crippen LogP contribution < -0.4 is 10.6 Å². The maximum absolute atomic E-state index is 15.0. The lowest BCUT2D eigenvalue weighted by atomic mass is 9.79. The third-order valence-electron chi connectivity index (χ3n) is 7.20. The molecule has 3 aromatic rings. The minimum atomic E-state index is -0.798. The van der Waals surface area contributed by atoms with Crippen molar-refractivity contribution in [3.63, 3.8) is 0 Å². The van der Waals surface area contributed by atoms with Crippen molar-refractivity contribution in [2.45, 2.75) is 66.0 Å². The molecular weight excluding hydrogens is 489 g/mol. The van der Waals surface area contributed by atoms with Gasteiger partial charge in [0.15, 0.2) is 0 Å². The summed E-state index contributed by atoms with van der Waals surface area (Å²) < 4.78 is 22.0. The first-order valence-electron chi connectivity index (χ1n) is 13.2. The fraction of sp³-hybridized carbons (Fsp3) is 0.519. The standard InChI is InChI=1S/C27H36FN7O3/c1-5-38-15-14-35-21(12-13-29-35)26(36)32-24(19-8-6-16(2)7-9-19)27(37)31-22-11-10-20(25(28)30-22)23-17(3)33-34-18(23)4/h10-13,16,19,24H,5-9,14-15H2,1-4H3,(H,32,36)(H,33,34)(H,30,31,37)/t16?,19?,24-/m0/s1. The molecule has 204 valence electrons. The molecule has 0 aliphatic heterocycles. The molecule has 0 radical (unpaired) electrons. The van der Waals surface area contributed by atoms with Gasteiger partial charge in [-0.05, 0) is 63.6 Å². The summed E-state index contributed by atoms with van der Waals surface area (Å²) >= 11 is 0. The van der Waals surface area contributed by atoms with Crippen LogP contribution in [0.5, 0.6) is 0 Å². The van der Waals surface area contributed by atoms with Gasteiger partial charge in [-0.2, -0.15) is 14.6 Å². The number of anilines is 1. The first kappa shape index (κ1) is 27.4. The third-order valence-corrected chi connectivity index (χ3v) is 7.20. The zero-order valence-electron chi connectivity index (χ0n) is 22.4. The van der Waals surface area contributed by atoms with Crippen LogP contribution in [-0.4, -0.2) is 56.0 Å². The molecule has 3 heterocycles. The van der Waals surface area contributed by atoms with E-state index in [0.717, 1.165) is 31.4 Å². The van der Waals surface area contributed by atoms with Crippen molar-refractivity contribution in [3.8, 4) is 11.1 Å². The van der Waals surface area contributed by atoms with Crippen LogP contribution in [-0.2, 0) is 16.1 Å². The van der Waals surface area contributed by atoms with Gasteiger partial charge in [0.25, 0.3) is 5.91 Å². The second-order valence-electron chi connectivity index (χ2n) is 9.94. The normalized spacial score (nSPS) is 18.2. The van der Waals surface area contributed by atoms with Crippen molar-refractivity contribution in [1.82, 2.24) is 30.3 Å². The number of hydrogen-bond donors (Lipinski definition) is 3. The van der Waals surface area contributed by atoms with E-state index in [9.17, 15) is 14.0 Å². The molecular formula is C27H36FN7O3. The van der Waals surface area contributed by atoms with E-state index in [-0.39, 0.29) is 11.7 Å².